The van der Waals surface area contributed by atoms with Crippen LogP contribution in [0.3, 0.4) is 0 Å². The molecule has 0 fully saturated rings. The second kappa shape index (κ2) is 4.84. The minimum Gasteiger partial charge on any atom is -0.369 e. The maximum atomic E-state index is 4.98. The third-order valence-corrected chi connectivity index (χ3v) is 0.315. The first-order chi connectivity index (χ1) is 3.13. The molecule has 1 radical (unpaired) electrons. The largest absolute Gasteiger partial charge is 3.00 e. The number of rotatable bonds is 1. The average molecular weight is 203 g/mol. The van der Waals surface area contributed by atoms with Crippen LogP contribution in [-0.2, 0) is 19.5 Å². The van der Waals surface area contributed by atoms with Crippen LogP contribution >= 0.6 is 0 Å². The summed E-state index contributed by atoms with van der Waals surface area (Å²) in [6.45, 7) is 0. The summed E-state index contributed by atoms with van der Waals surface area (Å²) < 4.78 is 0. The van der Waals surface area contributed by atoms with Crippen molar-refractivity contribution in [3.8, 4) is 0 Å². The van der Waals surface area contributed by atoms with Crippen molar-refractivity contribution in [2.75, 3.05) is 14.1 Å². The molecule has 4 nitrogen and oxygen atoms in total. The van der Waals surface area contributed by atoms with Crippen molar-refractivity contribution in [3.05, 3.63) is 0 Å². The monoisotopic (exact) mass is 204 g/mol. The Morgan fingerprint density at radius 1 is 1.38 bits per heavy atom. The summed E-state index contributed by atoms with van der Waals surface area (Å²) in [5.74, 6) is 0.0880. The van der Waals surface area contributed by atoms with Crippen LogP contribution in [0.5, 0.6) is 0 Å². The summed E-state index contributed by atoms with van der Waals surface area (Å²) in [4.78, 5) is 0. The topological polar surface area (TPSA) is 67.6 Å². The van der Waals surface area contributed by atoms with E-state index in [1.807, 2.05) is 0 Å². The number of hydrazone groups is 1. The molecule has 0 aromatic heterocycles. The van der Waals surface area contributed by atoms with E-state index in [9.17, 15) is 0 Å². The van der Waals surface area contributed by atoms with Crippen LogP contribution in [0.4, 0.5) is 0 Å². The third kappa shape index (κ3) is 9.19. The minimum atomic E-state index is 0. The summed E-state index contributed by atoms with van der Waals surface area (Å²) in [5.41, 5.74) is 9.96. The van der Waals surface area contributed by atoms with E-state index in [0.29, 0.717) is 0 Å². The fourth-order valence-corrected chi connectivity index (χ4v) is 0.231. The molecule has 0 atom stereocenters. The van der Waals surface area contributed by atoms with Crippen molar-refractivity contribution in [2.24, 2.45) is 16.6 Å². The molecule has 0 saturated carbocycles. The van der Waals surface area contributed by atoms with Gasteiger partial charge in [0.2, 0.25) is 5.96 Å². The molecular formula is C3H10N4Ru+3. The molecule has 0 saturated heterocycles. The molecule has 0 aliphatic carbocycles. The van der Waals surface area contributed by atoms with Gasteiger partial charge in [-0.05, 0) is 0 Å². The number of hydrogen-bond acceptors (Lipinski definition) is 2. The van der Waals surface area contributed by atoms with E-state index in [4.69, 9.17) is 11.5 Å². The van der Waals surface area contributed by atoms with Gasteiger partial charge in [-0.2, -0.15) is 0 Å². The molecule has 0 aromatic carbocycles. The van der Waals surface area contributed by atoms with E-state index in [-0.39, 0.29) is 25.4 Å². The van der Waals surface area contributed by atoms with Gasteiger partial charge in [0.05, 0.1) is 0 Å². The summed E-state index contributed by atoms with van der Waals surface area (Å²) in [7, 11) is 3.50. The second-order valence-electron chi connectivity index (χ2n) is 1.37. The predicted molar refractivity (Wildman–Crippen MR) is 29.5 cm³/mol. The Balaban J connectivity index is 0. The molecule has 0 aliphatic rings. The summed E-state index contributed by atoms with van der Waals surface area (Å²) in [6, 6.07) is 0. The summed E-state index contributed by atoms with van der Waals surface area (Å²) >= 11 is 0. The van der Waals surface area contributed by atoms with E-state index in [1.165, 1.54) is 5.01 Å². The Morgan fingerprint density at radius 2 is 1.75 bits per heavy atom. The number of guanidine groups is 1. The predicted octanol–water partition coefficient (Wildman–Crippen LogP) is -1.27. The third-order valence-electron chi connectivity index (χ3n) is 0.315. The van der Waals surface area contributed by atoms with Crippen LogP contribution in [0.2, 0.25) is 0 Å². The molecule has 0 amide bonds. The van der Waals surface area contributed by atoms with Gasteiger partial charge in [0, 0.05) is 14.1 Å². The molecule has 0 bridgehead atoms. The van der Waals surface area contributed by atoms with Crippen molar-refractivity contribution in [1.82, 2.24) is 5.01 Å². The van der Waals surface area contributed by atoms with Gasteiger partial charge in [-0.3, -0.25) is 5.01 Å². The standard InChI is InChI=1S/C3H10N4.Ru/c1-7(2)6-3(4)5;/h1-2H3,(H4,4,5,6);/q;+3. The van der Waals surface area contributed by atoms with E-state index < -0.39 is 0 Å². The molecule has 0 aromatic rings. The summed E-state index contributed by atoms with van der Waals surface area (Å²) in [6.07, 6.45) is 0. The zero-order chi connectivity index (χ0) is 5.86. The van der Waals surface area contributed by atoms with Gasteiger partial charge in [0.25, 0.3) is 0 Å². The van der Waals surface area contributed by atoms with Crippen molar-refractivity contribution >= 4 is 5.96 Å². The van der Waals surface area contributed by atoms with Crippen LogP contribution in [0.15, 0.2) is 5.10 Å². The molecule has 8 heavy (non-hydrogen) atoms. The molecule has 0 aliphatic heterocycles. The fourth-order valence-electron chi connectivity index (χ4n) is 0.231. The van der Waals surface area contributed by atoms with E-state index in [2.05, 4.69) is 5.10 Å². The van der Waals surface area contributed by atoms with Gasteiger partial charge in [0.1, 0.15) is 0 Å². The molecule has 47 valence electrons. The first kappa shape index (κ1) is 10.6. The Kier molecular flexibility index (Phi) is 6.44. The van der Waals surface area contributed by atoms with Crippen LogP contribution < -0.4 is 11.5 Å². The molecule has 0 heterocycles. The van der Waals surface area contributed by atoms with Gasteiger partial charge in [-0.25, -0.2) is 0 Å². The Morgan fingerprint density at radius 3 is 1.75 bits per heavy atom. The maximum absolute atomic E-state index is 4.98. The van der Waals surface area contributed by atoms with Crippen LogP contribution in [0, 0.1) is 0 Å². The van der Waals surface area contributed by atoms with Crippen LogP contribution in [0.1, 0.15) is 0 Å². The van der Waals surface area contributed by atoms with Gasteiger partial charge >= 0.3 is 19.5 Å². The van der Waals surface area contributed by atoms with Crippen molar-refractivity contribution in [2.45, 2.75) is 0 Å². The van der Waals surface area contributed by atoms with Crippen molar-refractivity contribution < 1.29 is 19.5 Å². The van der Waals surface area contributed by atoms with Gasteiger partial charge in [-0.15, -0.1) is 5.10 Å². The normalized spacial score (nSPS) is 6.75. The van der Waals surface area contributed by atoms with E-state index in [0.717, 1.165) is 0 Å². The smallest absolute Gasteiger partial charge is 0.369 e. The Bertz CT molecular complexity index is 75.4. The van der Waals surface area contributed by atoms with Gasteiger partial charge in [-0.1, -0.05) is 0 Å². The van der Waals surface area contributed by atoms with E-state index in [1.54, 1.807) is 14.1 Å². The molecular weight excluding hydrogens is 193 g/mol. The summed E-state index contributed by atoms with van der Waals surface area (Å²) in [5, 5.41) is 5.12. The molecule has 5 heteroatoms. The van der Waals surface area contributed by atoms with Crippen LogP contribution in [-0.4, -0.2) is 25.1 Å². The Labute approximate surface area is 61.7 Å². The van der Waals surface area contributed by atoms with Crippen molar-refractivity contribution in [3.63, 3.8) is 0 Å². The van der Waals surface area contributed by atoms with Gasteiger partial charge in [0.15, 0.2) is 0 Å². The average Bonchev–Trinajstić information content (AvgIpc) is 1.27. The fraction of sp³-hybridized carbons (Fsp3) is 0.667. The number of hydrogen-bond donors (Lipinski definition) is 2. The zero-order valence-corrected chi connectivity index (χ0v) is 6.64. The van der Waals surface area contributed by atoms with Crippen LogP contribution in [0.25, 0.3) is 0 Å². The Hall–Kier alpha value is -0.307. The quantitative estimate of drug-likeness (QED) is 0.242. The zero-order valence-electron chi connectivity index (χ0n) is 4.90. The van der Waals surface area contributed by atoms with Gasteiger partial charge < -0.3 is 11.5 Å². The maximum Gasteiger partial charge on any atom is 3.00 e. The molecule has 0 spiro atoms. The first-order valence-electron chi connectivity index (χ1n) is 1.90. The minimum absolute atomic E-state index is 0. The van der Waals surface area contributed by atoms with E-state index >= 15 is 0 Å². The molecule has 0 rings (SSSR count). The molecule has 0 unspecified atom stereocenters. The molecule has 4 N–H and O–H groups in total. The first-order valence-corrected chi connectivity index (χ1v) is 1.90. The number of nitrogens with two attached hydrogens (primary N) is 2. The number of nitrogens with zero attached hydrogens (tertiary/aromatic N) is 2. The second-order valence-corrected chi connectivity index (χ2v) is 1.37. The van der Waals surface area contributed by atoms with Crippen molar-refractivity contribution in [1.29, 1.82) is 0 Å². The SMILES string of the molecule is CN(C)N=C(N)N.[Ru+3].